The van der Waals surface area contributed by atoms with Gasteiger partial charge < -0.3 is 15.4 Å². The number of benzene rings is 1. The first-order valence-electron chi connectivity index (χ1n) is 8.19. The zero-order chi connectivity index (χ0) is 17.4. The molecule has 6 nitrogen and oxygen atoms in total. The number of hydrogen-bond acceptors (Lipinski definition) is 6. The number of para-hydroxylation sites is 1. The van der Waals surface area contributed by atoms with E-state index in [1.165, 1.54) is 6.33 Å². The molecule has 128 valence electrons. The fourth-order valence-corrected chi connectivity index (χ4v) is 2.13. The fourth-order valence-electron chi connectivity index (χ4n) is 2.13. The molecular weight excluding hydrogens is 304 g/mol. The molecule has 0 unspecified atom stereocenters. The van der Waals surface area contributed by atoms with Gasteiger partial charge in [0.05, 0.1) is 17.9 Å². The number of hydrogen-bond donors (Lipinski definition) is 2. The van der Waals surface area contributed by atoms with Gasteiger partial charge in [-0.05, 0) is 31.4 Å². The Kier molecular flexibility index (Phi) is 6.54. The topological polar surface area (TPSA) is 76.1 Å². The van der Waals surface area contributed by atoms with Crippen LogP contribution in [-0.4, -0.2) is 29.1 Å². The van der Waals surface area contributed by atoms with Crippen LogP contribution in [0.4, 0.5) is 17.3 Å². The van der Waals surface area contributed by atoms with Crippen molar-refractivity contribution in [2.24, 2.45) is 5.92 Å². The number of carbonyl (C=O) groups excluding carboxylic acids is 1. The van der Waals surface area contributed by atoms with Gasteiger partial charge in [-0.3, -0.25) is 0 Å². The molecule has 0 saturated heterocycles. The van der Waals surface area contributed by atoms with Gasteiger partial charge in [0, 0.05) is 12.6 Å². The van der Waals surface area contributed by atoms with E-state index >= 15 is 0 Å². The Labute approximate surface area is 142 Å². The molecule has 0 bridgehead atoms. The van der Waals surface area contributed by atoms with Gasteiger partial charge in [-0.1, -0.05) is 26.0 Å². The fraction of sp³-hybridized carbons (Fsp3) is 0.389. The minimum atomic E-state index is -0.357. The molecule has 6 heteroatoms. The van der Waals surface area contributed by atoms with Crippen molar-refractivity contribution in [2.75, 3.05) is 23.8 Å². The van der Waals surface area contributed by atoms with Crippen molar-refractivity contribution in [3.8, 4) is 0 Å². The van der Waals surface area contributed by atoms with Gasteiger partial charge in [-0.15, -0.1) is 0 Å². The Hall–Kier alpha value is -2.63. The van der Waals surface area contributed by atoms with Crippen LogP contribution in [0.5, 0.6) is 0 Å². The highest BCUT2D eigenvalue weighted by atomic mass is 16.5. The molecule has 0 fully saturated rings. The van der Waals surface area contributed by atoms with Crippen LogP contribution in [0.1, 0.15) is 37.6 Å². The van der Waals surface area contributed by atoms with Crippen LogP contribution >= 0.6 is 0 Å². The Bertz CT molecular complexity index is 674. The Morgan fingerprint density at radius 1 is 1.21 bits per heavy atom. The van der Waals surface area contributed by atoms with Crippen molar-refractivity contribution >= 4 is 23.3 Å². The number of ether oxygens (including phenoxy) is 1. The smallest absolute Gasteiger partial charge is 0.340 e. The molecular formula is C18H24N4O2. The van der Waals surface area contributed by atoms with Crippen molar-refractivity contribution in [2.45, 2.75) is 27.2 Å². The number of rotatable bonds is 8. The van der Waals surface area contributed by atoms with Crippen LogP contribution in [0.25, 0.3) is 0 Å². The SMILES string of the molecule is CCOC(=O)c1ccccc1Nc1cc(NCCC(C)C)ncn1. The lowest BCUT2D eigenvalue weighted by atomic mass is 10.1. The second-order valence-corrected chi connectivity index (χ2v) is 5.79. The first-order valence-corrected chi connectivity index (χ1v) is 8.19. The summed E-state index contributed by atoms with van der Waals surface area (Å²) in [5, 5.41) is 6.44. The summed E-state index contributed by atoms with van der Waals surface area (Å²) in [5.41, 5.74) is 1.13. The van der Waals surface area contributed by atoms with Gasteiger partial charge in [-0.25, -0.2) is 14.8 Å². The maximum atomic E-state index is 12.0. The standard InChI is InChI=1S/C18H24N4O2/c1-4-24-18(23)14-7-5-6-8-15(14)22-17-11-16(20-12-21-17)19-10-9-13(2)3/h5-8,11-13H,4,9-10H2,1-3H3,(H2,19,20,21,22). The van der Waals surface area contributed by atoms with Gasteiger partial charge in [0.2, 0.25) is 0 Å². The minimum absolute atomic E-state index is 0.338. The second kappa shape index (κ2) is 8.86. The molecule has 0 atom stereocenters. The van der Waals surface area contributed by atoms with Gasteiger partial charge in [-0.2, -0.15) is 0 Å². The number of anilines is 3. The Balaban J connectivity index is 2.10. The summed E-state index contributed by atoms with van der Waals surface area (Å²) < 4.78 is 5.08. The molecule has 0 aliphatic carbocycles. The van der Waals surface area contributed by atoms with Crippen LogP contribution in [0, 0.1) is 5.92 Å². The first-order chi connectivity index (χ1) is 11.6. The van der Waals surface area contributed by atoms with Crippen LogP contribution in [-0.2, 0) is 4.74 Å². The van der Waals surface area contributed by atoms with E-state index in [9.17, 15) is 4.79 Å². The highest BCUT2D eigenvalue weighted by Crippen LogP contribution is 2.21. The maximum Gasteiger partial charge on any atom is 0.340 e. The lowest BCUT2D eigenvalue weighted by Crippen LogP contribution is -2.09. The third-order valence-corrected chi connectivity index (χ3v) is 3.38. The Morgan fingerprint density at radius 3 is 2.71 bits per heavy atom. The van der Waals surface area contributed by atoms with Crippen molar-refractivity contribution < 1.29 is 9.53 Å². The number of carbonyl (C=O) groups is 1. The highest BCUT2D eigenvalue weighted by molar-refractivity contribution is 5.96. The first kappa shape index (κ1) is 17.7. The number of esters is 1. The average molecular weight is 328 g/mol. The predicted octanol–water partition coefficient (Wildman–Crippen LogP) is 3.85. The van der Waals surface area contributed by atoms with E-state index in [1.807, 2.05) is 18.2 Å². The Morgan fingerprint density at radius 2 is 1.96 bits per heavy atom. The number of nitrogens with one attached hydrogen (secondary N) is 2. The number of aromatic nitrogens is 2. The van der Waals surface area contributed by atoms with E-state index in [4.69, 9.17) is 4.74 Å². The molecule has 1 heterocycles. The van der Waals surface area contributed by atoms with Crippen LogP contribution in [0.3, 0.4) is 0 Å². The lowest BCUT2D eigenvalue weighted by molar-refractivity contribution is 0.0527. The van der Waals surface area contributed by atoms with E-state index in [2.05, 4.69) is 34.4 Å². The molecule has 2 aromatic rings. The highest BCUT2D eigenvalue weighted by Gasteiger charge is 2.12. The normalized spacial score (nSPS) is 10.5. The van der Waals surface area contributed by atoms with Crippen molar-refractivity contribution in [1.82, 2.24) is 9.97 Å². The summed E-state index contributed by atoms with van der Waals surface area (Å²) in [6.45, 7) is 7.34. The monoisotopic (exact) mass is 328 g/mol. The summed E-state index contributed by atoms with van der Waals surface area (Å²) in [6.07, 6.45) is 2.56. The predicted molar refractivity (Wildman–Crippen MR) is 95.7 cm³/mol. The molecule has 0 amide bonds. The van der Waals surface area contributed by atoms with Crippen LogP contribution < -0.4 is 10.6 Å². The average Bonchev–Trinajstić information content (AvgIpc) is 2.55. The minimum Gasteiger partial charge on any atom is -0.462 e. The van der Waals surface area contributed by atoms with E-state index < -0.39 is 0 Å². The van der Waals surface area contributed by atoms with E-state index in [0.29, 0.717) is 29.6 Å². The quantitative estimate of drug-likeness (QED) is 0.717. The molecule has 0 aliphatic heterocycles. The van der Waals surface area contributed by atoms with E-state index in [1.54, 1.807) is 19.1 Å². The largest absolute Gasteiger partial charge is 0.462 e. The van der Waals surface area contributed by atoms with Gasteiger partial charge in [0.15, 0.2) is 0 Å². The molecule has 0 radical (unpaired) electrons. The molecule has 2 N–H and O–H groups in total. The summed E-state index contributed by atoms with van der Waals surface area (Å²) in [5.74, 6) is 1.65. The van der Waals surface area contributed by atoms with Crippen molar-refractivity contribution in [3.05, 3.63) is 42.2 Å². The van der Waals surface area contributed by atoms with Crippen molar-refractivity contribution in [1.29, 1.82) is 0 Å². The molecule has 0 spiro atoms. The molecule has 1 aromatic heterocycles. The number of nitrogens with zero attached hydrogens (tertiary/aromatic N) is 2. The summed E-state index contributed by atoms with van der Waals surface area (Å²) in [6, 6.07) is 9.02. The molecule has 0 saturated carbocycles. The molecule has 0 aliphatic rings. The molecule has 2 rings (SSSR count). The van der Waals surface area contributed by atoms with Gasteiger partial charge >= 0.3 is 5.97 Å². The van der Waals surface area contributed by atoms with Crippen LogP contribution in [0.15, 0.2) is 36.7 Å². The third kappa shape index (κ3) is 5.22. The lowest BCUT2D eigenvalue weighted by Gasteiger charge is -2.12. The second-order valence-electron chi connectivity index (χ2n) is 5.79. The van der Waals surface area contributed by atoms with Gasteiger partial charge in [0.25, 0.3) is 0 Å². The summed E-state index contributed by atoms with van der Waals surface area (Å²) in [4.78, 5) is 20.4. The van der Waals surface area contributed by atoms with E-state index in [-0.39, 0.29) is 5.97 Å². The molecule has 24 heavy (non-hydrogen) atoms. The van der Waals surface area contributed by atoms with Crippen molar-refractivity contribution in [3.63, 3.8) is 0 Å². The summed E-state index contributed by atoms with van der Waals surface area (Å²) >= 11 is 0. The van der Waals surface area contributed by atoms with Crippen LogP contribution in [0.2, 0.25) is 0 Å². The zero-order valence-electron chi connectivity index (χ0n) is 14.4. The zero-order valence-corrected chi connectivity index (χ0v) is 14.4. The maximum absolute atomic E-state index is 12.0. The molecule has 1 aromatic carbocycles. The third-order valence-electron chi connectivity index (χ3n) is 3.38. The van der Waals surface area contributed by atoms with Gasteiger partial charge in [0.1, 0.15) is 18.0 Å². The van der Waals surface area contributed by atoms with E-state index in [0.717, 1.165) is 18.8 Å². The summed E-state index contributed by atoms with van der Waals surface area (Å²) in [7, 11) is 0.